The summed E-state index contributed by atoms with van der Waals surface area (Å²) in [7, 11) is 0. The molecule has 0 atom stereocenters. The second-order valence-corrected chi connectivity index (χ2v) is 4.28. The van der Waals surface area contributed by atoms with Crippen LogP contribution >= 0.6 is 0 Å². The standard InChI is InChI=1S/C15H19N3O2/c1-3-8-16-11-14(19)17-9-10-18-15(20)13-6-4-12(2)5-7-13/h1,4-7,16H,8-11H2,2H3,(H,17,19)(H,18,20). The average molecular weight is 273 g/mol. The molecule has 5 nitrogen and oxygen atoms in total. The van der Waals surface area contributed by atoms with Crippen molar-refractivity contribution in [1.29, 1.82) is 0 Å². The Balaban J connectivity index is 2.18. The van der Waals surface area contributed by atoms with Crippen molar-refractivity contribution >= 4 is 11.8 Å². The van der Waals surface area contributed by atoms with E-state index in [1.54, 1.807) is 12.1 Å². The predicted molar refractivity (Wildman–Crippen MR) is 78.2 cm³/mol. The normalized spacial score (nSPS) is 9.60. The largest absolute Gasteiger partial charge is 0.353 e. The van der Waals surface area contributed by atoms with Crippen LogP contribution in [0.3, 0.4) is 0 Å². The lowest BCUT2D eigenvalue weighted by Crippen LogP contribution is -2.39. The molecule has 2 amide bonds. The number of carbonyl (C=O) groups is 2. The fourth-order valence-corrected chi connectivity index (χ4v) is 1.50. The second kappa shape index (κ2) is 8.73. The molecular weight excluding hydrogens is 254 g/mol. The van der Waals surface area contributed by atoms with Crippen molar-refractivity contribution in [2.75, 3.05) is 26.2 Å². The van der Waals surface area contributed by atoms with Gasteiger partial charge in [-0.1, -0.05) is 23.6 Å². The van der Waals surface area contributed by atoms with E-state index < -0.39 is 0 Å². The molecule has 0 unspecified atom stereocenters. The summed E-state index contributed by atoms with van der Waals surface area (Å²) in [5.74, 6) is 2.08. The number of aryl methyl sites for hydroxylation is 1. The maximum absolute atomic E-state index is 11.8. The van der Waals surface area contributed by atoms with Crippen molar-refractivity contribution in [3.05, 3.63) is 35.4 Å². The molecule has 0 fully saturated rings. The average Bonchev–Trinajstić information content (AvgIpc) is 2.44. The van der Waals surface area contributed by atoms with E-state index in [-0.39, 0.29) is 18.4 Å². The highest BCUT2D eigenvalue weighted by atomic mass is 16.2. The minimum absolute atomic E-state index is 0.148. The van der Waals surface area contributed by atoms with E-state index in [1.807, 2.05) is 19.1 Å². The molecule has 106 valence electrons. The first kappa shape index (κ1) is 15.7. The molecule has 0 aliphatic heterocycles. The Labute approximate surface area is 119 Å². The van der Waals surface area contributed by atoms with Crippen molar-refractivity contribution in [3.8, 4) is 12.3 Å². The summed E-state index contributed by atoms with van der Waals surface area (Å²) in [5.41, 5.74) is 1.71. The molecule has 1 rings (SSSR count). The number of benzene rings is 1. The molecule has 1 aromatic carbocycles. The third-order valence-electron chi connectivity index (χ3n) is 2.56. The number of rotatable bonds is 7. The van der Waals surface area contributed by atoms with Crippen molar-refractivity contribution < 1.29 is 9.59 Å². The third-order valence-corrected chi connectivity index (χ3v) is 2.56. The number of nitrogens with one attached hydrogen (secondary N) is 3. The molecule has 5 heteroatoms. The molecule has 0 saturated heterocycles. The van der Waals surface area contributed by atoms with Gasteiger partial charge in [-0.25, -0.2) is 0 Å². The highest BCUT2D eigenvalue weighted by molar-refractivity contribution is 5.94. The van der Waals surface area contributed by atoms with Gasteiger partial charge in [-0.3, -0.25) is 14.9 Å². The summed E-state index contributed by atoms with van der Waals surface area (Å²) in [4.78, 5) is 23.1. The molecule has 0 aliphatic carbocycles. The first-order chi connectivity index (χ1) is 9.63. The van der Waals surface area contributed by atoms with Gasteiger partial charge in [-0.15, -0.1) is 6.42 Å². The van der Waals surface area contributed by atoms with Gasteiger partial charge in [0.25, 0.3) is 5.91 Å². The topological polar surface area (TPSA) is 70.2 Å². The zero-order valence-electron chi connectivity index (χ0n) is 11.5. The van der Waals surface area contributed by atoms with Crippen LogP contribution in [0.25, 0.3) is 0 Å². The van der Waals surface area contributed by atoms with Gasteiger partial charge in [0, 0.05) is 18.7 Å². The fraction of sp³-hybridized carbons (Fsp3) is 0.333. The molecule has 3 N–H and O–H groups in total. The van der Waals surface area contributed by atoms with Gasteiger partial charge in [-0.2, -0.15) is 0 Å². The molecule has 0 heterocycles. The molecule has 0 bridgehead atoms. The van der Waals surface area contributed by atoms with Crippen molar-refractivity contribution in [2.45, 2.75) is 6.92 Å². The van der Waals surface area contributed by atoms with Crippen LogP contribution in [0.4, 0.5) is 0 Å². The van der Waals surface area contributed by atoms with Crippen LogP contribution in [-0.2, 0) is 4.79 Å². The Morgan fingerprint density at radius 2 is 1.80 bits per heavy atom. The zero-order chi connectivity index (χ0) is 14.8. The number of amides is 2. The first-order valence-corrected chi connectivity index (χ1v) is 6.39. The van der Waals surface area contributed by atoms with E-state index >= 15 is 0 Å². The Kier molecular flexibility index (Phi) is 6.87. The Bertz CT molecular complexity index is 489. The smallest absolute Gasteiger partial charge is 0.251 e. The van der Waals surface area contributed by atoms with Gasteiger partial charge >= 0.3 is 0 Å². The van der Waals surface area contributed by atoms with Crippen LogP contribution < -0.4 is 16.0 Å². The van der Waals surface area contributed by atoms with Crippen LogP contribution in [0.5, 0.6) is 0 Å². The van der Waals surface area contributed by atoms with Gasteiger partial charge in [-0.05, 0) is 19.1 Å². The van der Waals surface area contributed by atoms with Gasteiger partial charge in [0.15, 0.2) is 0 Å². The quantitative estimate of drug-likeness (QED) is 0.486. The van der Waals surface area contributed by atoms with E-state index in [2.05, 4.69) is 21.9 Å². The molecular formula is C15H19N3O2. The van der Waals surface area contributed by atoms with Crippen LogP contribution in [0.2, 0.25) is 0 Å². The molecule has 0 saturated carbocycles. The molecule has 0 radical (unpaired) electrons. The van der Waals surface area contributed by atoms with Gasteiger partial charge in [0.1, 0.15) is 0 Å². The van der Waals surface area contributed by atoms with Crippen LogP contribution in [0.15, 0.2) is 24.3 Å². The van der Waals surface area contributed by atoms with Crippen molar-refractivity contribution in [1.82, 2.24) is 16.0 Å². The molecule has 1 aromatic rings. The summed E-state index contributed by atoms with van der Waals surface area (Å²) in [6, 6.07) is 7.31. The van der Waals surface area contributed by atoms with Crippen LogP contribution in [0.1, 0.15) is 15.9 Å². The number of carbonyl (C=O) groups excluding carboxylic acids is 2. The lowest BCUT2D eigenvalue weighted by Gasteiger charge is -2.07. The lowest BCUT2D eigenvalue weighted by molar-refractivity contribution is -0.120. The Morgan fingerprint density at radius 1 is 1.15 bits per heavy atom. The zero-order valence-corrected chi connectivity index (χ0v) is 11.5. The molecule has 0 aromatic heterocycles. The summed E-state index contributed by atoms with van der Waals surface area (Å²) in [6.45, 7) is 3.26. The van der Waals surface area contributed by atoms with Gasteiger partial charge < -0.3 is 10.6 Å². The summed E-state index contributed by atoms with van der Waals surface area (Å²) < 4.78 is 0. The highest BCUT2D eigenvalue weighted by Gasteiger charge is 2.04. The second-order valence-electron chi connectivity index (χ2n) is 4.28. The maximum atomic E-state index is 11.8. The van der Waals surface area contributed by atoms with E-state index in [1.165, 1.54) is 0 Å². The van der Waals surface area contributed by atoms with Gasteiger partial charge in [0.05, 0.1) is 13.1 Å². The summed E-state index contributed by atoms with van der Waals surface area (Å²) in [6.07, 6.45) is 5.04. The summed E-state index contributed by atoms with van der Waals surface area (Å²) >= 11 is 0. The van der Waals surface area contributed by atoms with Crippen molar-refractivity contribution in [2.24, 2.45) is 0 Å². The number of hydrogen-bond acceptors (Lipinski definition) is 3. The van der Waals surface area contributed by atoms with E-state index in [4.69, 9.17) is 6.42 Å². The minimum atomic E-state index is -0.148. The van der Waals surface area contributed by atoms with E-state index in [0.717, 1.165) is 5.56 Å². The maximum Gasteiger partial charge on any atom is 0.251 e. The molecule has 0 aliphatic rings. The molecule has 20 heavy (non-hydrogen) atoms. The predicted octanol–water partition coefficient (Wildman–Crippen LogP) is 0.0638. The fourth-order valence-electron chi connectivity index (χ4n) is 1.50. The Hall–Kier alpha value is -2.32. The first-order valence-electron chi connectivity index (χ1n) is 6.39. The van der Waals surface area contributed by atoms with E-state index in [9.17, 15) is 9.59 Å². The van der Waals surface area contributed by atoms with Crippen LogP contribution in [-0.4, -0.2) is 38.0 Å². The lowest BCUT2D eigenvalue weighted by atomic mass is 10.1. The highest BCUT2D eigenvalue weighted by Crippen LogP contribution is 2.02. The number of terminal acetylenes is 1. The third kappa shape index (κ3) is 6.03. The monoisotopic (exact) mass is 273 g/mol. The van der Waals surface area contributed by atoms with E-state index in [0.29, 0.717) is 25.2 Å². The van der Waals surface area contributed by atoms with Gasteiger partial charge in [0.2, 0.25) is 5.91 Å². The number of hydrogen-bond donors (Lipinski definition) is 3. The minimum Gasteiger partial charge on any atom is -0.353 e. The SMILES string of the molecule is C#CCNCC(=O)NCCNC(=O)c1ccc(C)cc1. The Morgan fingerprint density at radius 3 is 2.45 bits per heavy atom. The van der Waals surface area contributed by atoms with Crippen LogP contribution in [0, 0.1) is 19.3 Å². The summed E-state index contributed by atoms with van der Waals surface area (Å²) in [5, 5.41) is 8.19. The molecule has 0 spiro atoms. The van der Waals surface area contributed by atoms with Crippen molar-refractivity contribution in [3.63, 3.8) is 0 Å².